The summed E-state index contributed by atoms with van der Waals surface area (Å²) in [6, 6.07) is 21.6. The highest BCUT2D eigenvalue weighted by Crippen LogP contribution is 2.22. The van der Waals surface area contributed by atoms with Crippen molar-refractivity contribution in [2.45, 2.75) is 6.61 Å². The average molecular weight is 445 g/mol. The number of carbonyl (C=O) groups excluding carboxylic acids is 1. The number of ether oxygens (including phenoxy) is 2. The van der Waals surface area contributed by atoms with Gasteiger partial charge in [-0.2, -0.15) is 0 Å². The molecular weight excluding hydrogens is 426 g/mol. The molecule has 0 aliphatic rings. The SMILES string of the molecule is Cn1nnnc1C(=NOCc1cccc(OC(N)=O)n1)c1ccc(Oc2ccccc2)cc1. The van der Waals surface area contributed by atoms with Crippen molar-refractivity contribution in [3.05, 3.63) is 89.9 Å². The molecule has 0 spiro atoms. The third-order valence-electron chi connectivity index (χ3n) is 4.29. The van der Waals surface area contributed by atoms with Crippen LogP contribution in [0.5, 0.6) is 17.4 Å². The first-order valence-electron chi connectivity index (χ1n) is 9.78. The molecule has 0 saturated carbocycles. The Bertz CT molecular complexity index is 1260. The van der Waals surface area contributed by atoms with E-state index in [1.165, 1.54) is 10.7 Å². The van der Waals surface area contributed by atoms with Crippen LogP contribution < -0.4 is 15.2 Å². The molecule has 11 heteroatoms. The Hall–Kier alpha value is -4.80. The number of aryl methyl sites for hydroxylation is 1. The summed E-state index contributed by atoms with van der Waals surface area (Å²) < 4.78 is 12.1. The molecule has 4 rings (SSSR count). The van der Waals surface area contributed by atoms with Crippen LogP contribution >= 0.6 is 0 Å². The number of nitrogens with two attached hydrogens (primary N) is 1. The first-order chi connectivity index (χ1) is 16.1. The zero-order valence-corrected chi connectivity index (χ0v) is 17.5. The predicted octanol–water partition coefficient (Wildman–Crippen LogP) is 2.82. The number of tetrazole rings is 1. The number of pyridine rings is 1. The lowest BCUT2D eigenvalue weighted by molar-refractivity contribution is 0.127. The van der Waals surface area contributed by atoms with Gasteiger partial charge in [-0.3, -0.25) is 0 Å². The van der Waals surface area contributed by atoms with E-state index in [2.05, 4.69) is 25.7 Å². The van der Waals surface area contributed by atoms with Crippen molar-refractivity contribution in [3.8, 4) is 17.4 Å². The van der Waals surface area contributed by atoms with Crippen molar-refractivity contribution >= 4 is 11.8 Å². The third kappa shape index (κ3) is 5.67. The maximum absolute atomic E-state index is 10.9. The zero-order chi connectivity index (χ0) is 23.0. The Morgan fingerprint density at radius 3 is 2.45 bits per heavy atom. The van der Waals surface area contributed by atoms with Crippen LogP contribution in [0.4, 0.5) is 4.79 Å². The fourth-order valence-corrected chi connectivity index (χ4v) is 2.82. The minimum Gasteiger partial charge on any atom is -0.457 e. The van der Waals surface area contributed by atoms with Crippen LogP contribution in [0.15, 0.2) is 78.0 Å². The quantitative estimate of drug-likeness (QED) is 0.323. The molecule has 0 aliphatic heterocycles. The summed E-state index contributed by atoms with van der Waals surface area (Å²) in [5, 5.41) is 15.8. The molecule has 2 aromatic heterocycles. The van der Waals surface area contributed by atoms with Gasteiger partial charge in [0.15, 0.2) is 12.3 Å². The summed E-state index contributed by atoms with van der Waals surface area (Å²) in [7, 11) is 1.70. The first-order valence-corrected chi connectivity index (χ1v) is 9.78. The Morgan fingerprint density at radius 1 is 1.00 bits per heavy atom. The van der Waals surface area contributed by atoms with Gasteiger partial charge >= 0.3 is 6.09 Å². The van der Waals surface area contributed by atoms with Crippen molar-refractivity contribution in [3.63, 3.8) is 0 Å². The molecule has 2 heterocycles. The molecule has 0 fully saturated rings. The van der Waals surface area contributed by atoms with E-state index < -0.39 is 6.09 Å². The number of carbonyl (C=O) groups is 1. The molecule has 4 aromatic rings. The number of aromatic nitrogens is 5. The van der Waals surface area contributed by atoms with Gasteiger partial charge in [-0.15, -0.1) is 5.10 Å². The van der Waals surface area contributed by atoms with E-state index in [9.17, 15) is 4.79 Å². The number of benzene rings is 2. The molecule has 0 radical (unpaired) electrons. The van der Waals surface area contributed by atoms with E-state index in [0.717, 1.165) is 5.75 Å². The maximum Gasteiger partial charge on any atom is 0.411 e. The van der Waals surface area contributed by atoms with Crippen molar-refractivity contribution < 1.29 is 19.1 Å². The molecule has 0 bridgehead atoms. The molecular formula is C22H19N7O4. The molecule has 11 nitrogen and oxygen atoms in total. The van der Waals surface area contributed by atoms with Crippen LogP contribution in [0.1, 0.15) is 17.1 Å². The van der Waals surface area contributed by atoms with Crippen molar-refractivity contribution in [1.82, 2.24) is 25.2 Å². The number of para-hydroxylation sites is 1. The lowest BCUT2D eigenvalue weighted by Gasteiger charge is -2.09. The van der Waals surface area contributed by atoms with E-state index in [4.69, 9.17) is 20.0 Å². The van der Waals surface area contributed by atoms with Gasteiger partial charge < -0.3 is 20.0 Å². The number of rotatable bonds is 8. The average Bonchev–Trinajstić information content (AvgIpc) is 3.23. The molecule has 0 atom stereocenters. The van der Waals surface area contributed by atoms with Crippen molar-refractivity contribution in [2.75, 3.05) is 0 Å². The van der Waals surface area contributed by atoms with E-state index >= 15 is 0 Å². The number of amides is 1. The normalized spacial score (nSPS) is 11.1. The lowest BCUT2D eigenvalue weighted by atomic mass is 10.1. The predicted molar refractivity (Wildman–Crippen MR) is 117 cm³/mol. The van der Waals surface area contributed by atoms with Crippen molar-refractivity contribution in [1.29, 1.82) is 0 Å². The summed E-state index contributed by atoms with van der Waals surface area (Å²) in [6.07, 6.45) is -0.949. The van der Waals surface area contributed by atoms with Gasteiger partial charge in [-0.05, 0) is 52.9 Å². The second-order valence-electron chi connectivity index (χ2n) is 6.67. The Morgan fingerprint density at radius 2 is 1.76 bits per heavy atom. The van der Waals surface area contributed by atoms with Gasteiger partial charge in [0, 0.05) is 18.7 Å². The number of nitrogens with zero attached hydrogens (tertiary/aromatic N) is 6. The number of hydrogen-bond acceptors (Lipinski definition) is 9. The van der Waals surface area contributed by atoms with E-state index in [0.29, 0.717) is 28.5 Å². The lowest BCUT2D eigenvalue weighted by Crippen LogP contribution is -2.17. The monoisotopic (exact) mass is 445 g/mol. The standard InChI is InChI=1S/C22H19N7O4/c1-29-21(25-27-28-29)20(26-31-14-16-6-5-9-19(24-16)33-22(23)30)15-10-12-18(13-11-15)32-17-7-3-2-4-8-17/h2-13H,14H2,1H3,(H2,23,30). The number of hydrogen-bond donors (Lipinski definition) is 1. The molecule has 2 N–H and O–H groups in total. The van der Waals surface area contributed by atoms with Gasteiger partial charge in [0.2, 0.25) is 11.7 Å². The van der Waals surface area contributed by atoms with Crippen molar-refractivity contribution in [2.24, 2.45) is 17.9 Å². The minimum atomic E-state index is -0.949. The third-order valence-corrected chi connectivity index (χ3v) is 4.29. The largest absolute Gasteiger partial charge is 0.457 e. The molecule has 0 aliphatic carbocycles. The number of oxime groups is 1. The fourth-order valence-electron chi connectivity index (χ4n) is 2.82. The number of primary amides is 1. The summed E-state index contributed by atoms with van der Waals surface area (Å²) in [4.78, 5) is 20.6. The van der Waals surface area contributed by atoms with E-state index in [1.54, 1.807) is 19.2 Å². The van der Waals surface area contributed by atoms with Crippen LogP contribution in [-0.4, -0.2) is 37.0 Å². The van der Waals surface area contributed by atoms with E-state index in [1.807, 2.05) is 54.6 Å². The van der Waals surface area contributed by atoms with Crippen LogP contribution in [0.25, 0.3) is 0 Å². The molecule has 166 valence electrons. The van der Waals surface area contributed by atoms with Crippen LogP contribution in [0, 0.1) is 0 Å². The molecule has 0 unspecified atom stereocenters. The highest BCUT2D eigenvalue weighted by molar-refractivity contribution is 6.10. The Kier molecular flexibility index (Phi) is 6.50. The summed E-state index contributed by atoms with van der Waals surface area (Å²) in [6.45, 7) is 0.0138. The topological polar surface area (TPSA) is 140 Å². The second kappa shape index (κ2) is 10.0. The highest BCUT2D eigenvalue weighted by Gasteiger charge is 2.15. The summed E-state index contributed by atoms with van der Waals surface area (Å²) >= 11 is 0. The van der Waals surface area contributed by atoms with Gasteiger partial charge in [-0.1, -0.05) is 29.4 Å². The zero-order valence-electron chi connectivity index (χ0n) is 17.5. The first kappa shape index (κ1) is 21.4. The van der Waals surface area contributed by atoms with E-state index in [-0.39, 0.29) is 12.5 Å². The summed E-state index contributed by atoms with van der Waals surface area (Å²) in [5.74, 6) is 1.87. The van der Waals surface area contributed by atoms with Crippen LogP contribution in [-0.2, 0) is 18.5 Å². The Labute approximate surface area is 188 Å². The molecule has 0 saturated heterocycles. The fraction of sp³-hybridized carbons (Fsp3) is 0.0909. The molecule has 1 amide bonds. The van der Waals surface area contributed by atoms with Gasteiger partial charge in [0.05, 0.1) is 5.69 Å². The van der Waals surface area contributed by atoms with Gasteiger partial charge in [0.25, 0.3) is 0 Å². The molecule has 2 aromatic carbocycles. The molecule has 33 heavy (non-hydrogen) atoms. The smallest absolute Gasteiger partial charge is 0.411 e. The van der Waals surface area contributed by atoms with Crippen LogP contribution in [0.2, 0.25) is 0 Å². The Balaban J connectivity index is 1.53. The minimum absolute atomic E-state index is 0.0138. The van der Waals surface area contributed by atoms with Gasteiger partial charge in [0.1, 0.15) is 11.5 Å². The maximum atomic E-state index is 10.9. The second-order valence-corrected chi connectivity index (χ2v) is 6.67. The highest BCUT2D eigenvalue weighted by atomic mass is 16.6. The van der Waals surface area contributed by atoms with Gasteiger partial charge in [-0.25, -0.2) is 14.5 Å². The summed E-state index contributed by atoms with van der Waals surface area (Å²) in [5.41, 5.74) is 6.63. The van der Waals surface area contributed by atoms with Crippen LogP contribution in [0.3, 0.4) is 0 Å².